The Balaban J connectivity index is 1.06. The van der Waals surface area contributed by atoms with Crippen molar-refractivity contribution >= 4 is 43.9 Å². The van der Waals surface area contributed by atoms with Crippen LogP contribution in [0.4, 0.5) is 0 Å². The fraction of sp³-hybridized carbons (Fsp3) is 0. The van der Waals surface area contributed by atoms with Crippen molar-refractivity contribution in [3.05, 3.63) is 170 Å². The number of fused-ring (bicyclic) bond motifs is 7. The first-order chi connectivity index (χ1) is 24.7. The summed E-state index contributed by atoms with van der Waals surface area (Å²) < 4.78 is 13.1. The molecule has 4 nitrogen and oxygen atoms in total. The highest BCUT2D eigenvalue weighted by molar-refractivity contribution is 6.19. The van der Waals surface area contributed by atoms with Gasteiger partial charge in [-0.3, -0.25) is 0 Å². The highest BCUT2D eigenvalue weighted by Crippen LogP contribution is 2.41. The smallest absolute Gasteiger partial charge is 0.178 e. The number of hydrogen-bond acceptors (Lipinski definition) is 4. The quantitative estimate of drug-likeness (QED) is 0.188. The van der Waals surface area contributed by atoms with E-state index in [9.17, 15) is 0 Å². The molecule has 0 radical (unpaired) electrons. The molecule has 0 aliphatic carbocycles. The number of furan rings is 2. The second-order valence-electron chi connectivity index (χ2n) is 12.6. The fourth-order valence-corrected chi connectivity index (χ4v) is 6.98. The summed E-state index contributed by atoms with van der Waals surface area (Å²) in [7, 11) is 0. The van der Waals surface area contributed by atoms with Crippen LogP contribution in [0.25, 0.3) is 100 Å². The minimum atomic E-state index is 0.698. The molecule has 0 aliphatic rings. The average molecular weight is 641 g/mol. The first-order valence-corrected chi connectivity index (χ1v) is 16.7. The van der Waals surface area contributed by atoms with Gasteiger partial charge in [0.2, 0.25) is 0 Å². The van der Waals surface area contributed by atoms with E-state index in [0.717, 1.165) is 94.2 Å². The predicted molar refractivity (Wildman–Crippen MR) is 204 cm³/mol. The molecule has 0 fully saturated rings. The molecule has 0 amide bonds. The molecule has 0 saturated carbocycles. The second-order valence-corrected chi connectivity index (χ2v) is 12.6. The van der Waals surface area contributed by atoms with Gasteiger partial charge in [0, 0.05) is 38.2 Å². The lowest BCUT2D eigenvalue weighted by molar-refractivity contribution is 0.633. The van der Waals surface area contributed by atoms with Gasteiger partial charge in [-0.25, -0.2) is 9.97 Å². The molecule has 0 spiro atoms. The number of rotatable bonds is 5. The largest absolute Gasteiger partial charge is 0.452 e. The van der Waals surface area contributed by atoms with Crippen LogP contribution in [0, 0.1) is 0 Å². The van der Waals surface area contributed by atoms with E-state index < -0.39 is 0 Å². The Kier molecular flexibility index (Phi) is 6.46. The van der Waals surface area contributed by atoms with Crippen molar-refractivity contribution in [3.63, 3.8) is 0 Å². The zero-order chi connectivity index (χ0) is 33.0. The van der Waals surface area contributed by atoms with Crippen molar-refractivity contribution in [3.8, 4) is 56.2 Å². The van der Waals surface area contributed by atoms with Crippen LogP contribution < -0.4 is 0 Å². The molecule has 0 atom stereocenters. The Hall–Kier alpha value is -6.78. The third-order valence-electron chi connectivity index (χ3n) is 9.51. The van der Waals surface area contributed by atoms with Gasteiger partial charge >= 0.3 is 0 Å². The summed E-state index contributed by atoms with van der Waals surface area (Å²) in [5.74, 6) is 0.698. The Bertz CT molecular complexity index is 2800. The van der Waals surface area contributed by atoms with Crippen molar-refractivity contribution in [1.82, 2.24) is 9.97 Å². The summed E-state index contributed by atoms with van der Waals surface area (Å²) in [4.78, 5) is 10.00. The molecular formula is C46H28N2O2. The highest BCUT2D eigenvalue weighted by atomic mass is 16.4. The molecule has 50 heavy (non-hydrogen) atoms. The molecule has 0 N–H and O–H groups in total. The van der Waals surface area contributed by atoms with Gasteiger partial charge in [0.1, 0.15) is 11.2 Å². The van der Waals surface area contributed by atoms with Crippen LogP contribution in [-0.4, -0.2) is 9.97 Å². The van der Waals surface area contributed by atoms with Crippen molar-refractivity contribution in [2.75, 3.05) is 0 Å². The van der Waals surface area contributed by atoms with Gasteiger partial charge in [-0.2, -0.15) is 0 Å². The van der Waals surface area contributed by atoms with Crippen molar-refractivity contribution in [1.29, 1.82) is 0 Å². The maximum absolute atomic E-state index is 6.60. The molecule has 3 heterocycles. The fourth-order valence-electron chi connectivity index (χ4n) is 6.98. The average Bonchev–Trinajstić information content (AvgIpc) is 3.76. The normalized spacial score (nSPS) is 11.6. The van der Waals surface area contributed by atoms with Gasteiger partial charge in [-0.1, -0.05) is 121 Å². The van der Waals surface area contributed by atoms with Crippen LogP contribution in [0.15, 0.2) is 179 Å². The highest BCUT2D eigenvalue weighted by Gasteiger charge is 2.17. The Morgan fingerprint density at radius 3 is 1.34 bits per heavy atom. The Morgan fingerprint density at radius 1 is 0.300 bits per heavy atom. The molecule has 0 bridgehead atoms. The van der Waals surface area contributed by atoms with Gasteiger partial charge in [0.15, 0.2) is 17.0 Å². The predicted octanol–water partition coefficient (Wildman–Crippen LogP) is 12.6. The van der Waals surface area contributed by atoms with E-state index in [1.807, 2.05) is 54.6 Å². The number of aromatic nitrogens is 2. The summed E-state index contributed by atoms with van der Waals surface area (Å²) >= 11 is 0. The van der Waals surface area contributed by atoms with E-state index in [0.29, 0.717) is 5.82 Å². The number of benzene rings is 7. The lowest BCUT2D eigenvalue weighted by Gasteiger charge is -2.10. The van der Waals surface area contributed by atoms with Crippen LogP contribution in [0.1, 0.15) is 0 Å². The second kappa shape index (κ2) is 11.4. The van der Waals surface area contributed by atoms with Gasteiger partial charge < -0.3 is 8.83 Å². The van der Waals surface area contributed by atoms with E-state index in [-0.39, 0.29) is 0 Å². The van der Waals surface area contributed by atoms with Crippen molar-refractivity contribution in [2.45, 2.75) is 0 Å². The molecule has 10 rings (SSSR count). The van der Waals surface area contributed by atoms with Gasteiger partial charge in [0.05, 0.1) is 11.4 Å². The third-order valence-corrected chi connectivity index (χ3v) is 9.51. The van der Waals surface area contributed by atoms with E-state index in [1.54, 1.807) is 0 Å². The number of hydrogen-bond donors (Lipinski definition) is 0. The van der Waals surface area contributed by atoms with Crippen molar-refractivity contribution < 1.29 is 8.83 Å². The maximum Gasteiger partial charge on any atom is 0.178 e. The molecule has 0 saturated heterocycles. The summed E-state index contributed by atoms with van der Waals surface area (Å²) in [6.45, 7) is 0. The number of nitrogens with zero attached hydrogens (tertiary/aromatic N) is 2. The topological polar surface area (TPSA) is 52.1 Å². The van der Waals surface area contributed by atoms with Gasteiger partial charge in [-0.15, -0.1) is 0 Å². The zero-order valence-corrected chi connectivity index (χ0v) is 26.9. The third kappa shape index (κ3) is 4.77. The minimum absolute atomic E-state index is 0.698. The van der Waals surface area contributed by atoms with Crippen LogP contribution in [0.5, 0.6) is 0 Å². The van der Waals surface area contributed by atoms with Gasteiger partial charge in [0.25, 0.3) is 0 Å². The molecule has 234 valence electrons. The SMILES string of the molecule is c1ccc(-c2ccc3c(c2)oc2c3ccc3c4ccc(-c5cccc(-c6cc(-c7ccccc7)nc(-c7ccccc7)n6)c5)cc4oc32)cc1. The van der Waals surface area contributed by atoms with Crippen molar-refractivity contribution in [2.24, 2.45) is 0 Å². The lowest BCUT2D eigenvalue weighted by atomic mass is 9.99. The molecule has 0 unspecified atom stereocenters. The Morgan fingerprint density at radius 2 is 0.740 bits per heavy atom. The summed E-state index contributed by atoms with van der Waals surface area (Å²) in [6.07, 6.45) is 0. The first-order valence-electron chi connectivity index (χ1n) is 16.7. The monoisotopic (exact) mass is 640 g/mol. The lowest BCUT2D eigenvalue weighted by Crippen LogP contribution is -1.96. The van der Waals surface area contributed by atoms with E-state index in [4.69, 9.17) is 18.8 Å². The van der Waals surface area contributed by atoms with E-state index >= 15 is 0 Å². The molecule has 4 heteroatoms. The molecular weight excluding hydrogens is 613 g/mol. The standard InChI is InChI=1S/C46H28N2O2/c1-4-11-29(12-5-1)33-19-21-36-38-23-24-39-37-22-20-34(27-43(37)50-45(39)44(38)49-42(36)26-33)32-17-10-18-35(25-32)41-28-40(30-13-6-2-7-14-30)47-46(48-41)31-15-8-3-9-16-31/h1-28H. The van der Waals surface area contributed by atoms with Crippen LogP contribution in [0.2, 0.25) is 0 Å². The van der Waals surface area contributed by atoms with Crippen LogP contribution in [-0.2, 0) is 0 Å². The molecule has 10 aromatic rings. The Labute approximate surface area is 287 Å². The zero-order valence-electron chi connectivity index (χ0n) is 26.9. The molecule has 3 aromatic heterocycles. The van der Waals surface area contributed by atoms with Crippen LogP contribution in [0.3, 0.4) is 0 Å². The minimum Gasteiger partial charge on any atom is -0.452 e. The summed E-state index contributed by atoms with van der Waals surface area (Å²) in [5, 5.41) is 4.23. The van der Waals surface area contributed by atoms with Crippen LogP contribution >= 0.6 is 0 Å². The molecule has 0 aliphatic heterocycles. The summed E-state index contributed by atoms with van der Waals surface area (Å²) in [5.41, 5.74) is 12.4. The summed E-state index contributed by atoms with van der Waals surface area (Å²) in [6, 6.07) is 58.5. The molecule has 7 aromatic carbocycles. The van der Waals surface area contributed by atoms with E-state index in [1.165, 1.54) is 0 Å². The van der Waals surface area contributed by atoms with Gasteiger partial charge in [-0.05, 0) is 70.8 Å². The maximum atomic E-state index is 6.60. The first kappa shape index (κ1) is 28.3. The van der Waals surface area contributed by atoms with E-state index in [2.05, 4.69) is 115 Å².